The fraction of sp³-hybridized carbons (Fsp3) is 0.136. The van der Waals surface area contributed by atoms with E-state index in [-0.39, 0.29) is 40.8 Å². The number of anilines is 4. The van der Waals surface area contributed by atoms with Gasteiger partial charge in [-0.2, -0.15) is 48.6 Å². The number of halogens is 1. The molecule has 49 heavy (non-hydrogen) atoms. The summed E-state index contributed by atoms with van der Waals surface area (Å²) in [6.45, 7) is -0.782. The first-order valence-corrected chi connectivity index (χ1v) is 19.0. The van der Waals surface area contributed by atoms with Gasteiger partial charge in [0.05, 0.1) is 16.3 Å². The molecule has 3 aromatic carbocycles. The minimum absolute atomic E-state index is 0.0330. The zero-order chi connectivity index (χ0) is 36.4. The van der Waals surface area contributed by atoms with Gasteiger partial charge >= 0.3 is 0 Å². The molecular formula is C22H20ClN9O13S4. The quantitative estimate of drug-likeness (QED) is 0.0549. The highest BCUT2D eigenvalue weighted by Gasteiger charge is 2.24. The molecule has 27 heteroatoms. The summed E-state index contributed by atoms with van der Waals surface area (Å²) in [6.07, 6.45) is 0. The van der Waals surface area contributed by atoms with Crippen LogP contribution in [0.1, 0.15) is 0 Å². The fourth-order valence-electron chi connectivity index (χ4n) is 3.94. The van der Waals surface area contributed by atoms with Crippen molar-refractivity contribution in [3.63, 3.8) is 0 Å². The van der Waals surface area contributed by atoms with Crippen molar-refractivity contribution in [3.8, 4) is 0 Å². The van der Waals surface area contributed by atoms with E-state index in [2.05, 4.69) is 46.3 Å². The standard InChI is InChI=1S/C22H20ClN9O13S4/c23-20-28-21(24-3-4-46(34,35)36)30-22(29-20)27-12-1-2-15(16(7-12)25-10-26-33)31-32-17-9-14-11(6-19(17)49(43,44)45)5-13(47(37,38)39)8-18(14)48(40,41)42/h1-2,5-9,25H,3-4,10H2,(H,34,35,36)(H,37,38,39)(H,40,41,42)(H,43,44,45)(H2,24,27,28,29,30). The van der Waals surface area contributed by atoms with Gasteiger partial charge in [0.15, 0.2) is 0 Å². The van der Waals surface area contributed by atoms with Crippen LogP contribution in [-0.4, -0.2) is 85.8 Å². The van der Waals surface area contributed by atoms with Gasteiger partial charge in [-0.15, -0.1) is 15.1 Å². The van der Waals surface area contributed by atoms with Crippen molar-refractivity contribution in [2.75, 3.05) is 34.9 Å². The monoisotopic (exact) mass is 781 g/mol. The van der Waals surface area contributed by atoms with E-state index >= 15 is 0 Å². The lowest BCUT2D eigenvalue weighted by molar-refractivity contribution is 0.479. The van der Waals surface area contributed by atoms with Crippen molar-refractivity contribution < 1.29 is 51.9 Å². The molecular weight excluding hydrogens is 762 g/mol. The summed E-state index contributed by atoms with van der Waals surface area (Å²) >= 11 is 5.91. The van der Waals surface area contributed by atoms with Crippen molar-refractivity contribution in [3.05, 3.63) is 52.7 Å². The first-order valence-electron chi connectivity index (χ1n) is 12.6. The van der Waals surface area contributed by atoms with Crippen LogP contribution in [0, 0.1) is 4.91 Å². The first kappa shape index (κ1) is 37.3. The van der Waals surface area contributed by atoms with Gasteiger partial charge < -0.3 is 16.0 Å². The lowest BCUT2D eigenvalue weighted by Crippen LogP contribution is -2.16. The Bertz CT molecular complexity index is 2450. The van der Waals surface area contributed by atoms with Crippen LogP contribution in [0.15, 0.2) is 72.6 Å². The van der Waals surface area contributed by atoms with Crippen LogP contribution in [0.3, 0.4) is 0 Å². The Balaban J connectivity index is 1.77. The minimum atomic E-state index is -5.19. The van der Waals surface area contributed by atoms with Crippen LogP contribution in [0.2, 0.25) is 5.28 Å². The number of nitrogens with zero attached hydrogens (tertiary/aromatic N) is 6. The predicted molar refractivity (Wildman–Crippen MR) is 171 cm³/mol. The molecule has 1 heterocycles. The van der Waals surface area contributed by atoms with E-state index in [4.69, 9.17) is 16.2 Å². The Morgan fingerprint density at radius 2 is 1.37 bits per heavy atom. The topological polar surface area (TPSA) is 346 Å². The van der Waals surface area contributed by atoms with Gasteiger partial charge in [0.2, 0.25) is 17.2 Å². The molecule has 0 aliphatic rings. The number of nitroso groups, excluding NO2 is 1. The van der Waals surface area contributed by atoms with Crippen molar-refractivity contribution in [1.82, 2.24) is 15.0 Å². The molecule has 0 aliphatic carbocycles. The number of benzene rings is 3. The van der Waals surface area contributed by atoms with E-state index in [0.29, 0.717) is 18.2 Å². The lowest BCUT2D eigenvalue weighted by Gasteiger charge is -2.12. The summed E-state index contributed by atoms with van der Waals surface area (Å²) < 4.78 is 132. The van der Waals surface area contributed by atoms with E-state index < -0.39 is 84.0 Å². The highest BCUT2D eigenvalue weighted by atomic mass is 35.5. The second-order valence-electron chi connectivity index (χ2n) is 9.37. The zero-order valence-electron chi connectivity index (χ0n) is 23.8. The van der Waals surface area contributed by atoms with Crippen LogP contribution in [-0.2, 0) is 40.5 Å². The number of hydrogen-bond donors (Lipinski definition) is 7. The number of aromatic nitrogens is 3. The van der Waals surface area contributed by atoms with E-state index in [9.17, 15) is 52.2 Å². The highest BCUT2D eigenvalue weighted by molar-refractivity contribution is 7.87. The van der Waals surface area contributed by atoms with Gasteiger partial charge in [0.1, 0.15) is 27.8 Å². The van der Waals surface area contributed by atoms with Gasteiger partial charge in [0.25, 0.3) is 40.5 Å². The van der Waals surface area contributed by atoms with Gasteiger partial charge in [0, 0.05) is 17.6 Å². The third kappa shape index (κ3) is 9.99. The zero-order valence-corrected chi connectivity index (χ0v) is 27.8. The maximum absolute atomic E-state index is 12.2. The number of azo groups is 1. The smallest absolute Gasteiger partial charge is 0.296 e. The molecule has 7 N–H and O–H groups in total. The maximum Gasteiger partial charge on any atom is 0.296 e. The van der Waals surface area contributed by atoms with Crippen LogP contribution in [0.25, 0.3) is 10.8 Å². The molecule has 0 radical (unpaired) electrons. The molecule has 4 rings (SSSR count). The lowest BCUT2D eigenvalue weighted by atomic mass is 10.1. The summed E-state index contributed by atoms with van der Waals surface area (Å²) in [4.78, 5) is 19.5. The van der Waals surface area contributed by atoms with E-state index in [1.807, 2.05) is 0 Å². The third-order valence-electron chi connectivity index (χ3n) is 5.92. The van der Waals surface area contributed by atoms with Crippen LogP contribution < -0.4 is 16.0 Å². The Morgan fingerprint density at radius 3 is 1.98 bits per heavy atom. The molecule has 0 spiro atoms. The Morgan fingerprint density at radius 1 is 0.714 bits per heavy atom. The molecule has 1 aromatic heterocycles. The Labute approximate surface area is 281 Å². The third-order valence-corrected chi connectivity index (χ3v) is 9.42. The number of nitrogens with one attached hydrogen (secondary N) is 3. The number of rotatable bonds is 14. The predicted octanol–water partition coefficient (Wildman–Crippen LogP) is 3.01. The average molecular weight is 782 g/mol. The fourth-order valence-corrected chi connectivity index (χ4v) is 6.45. The van der Waals surface area contributed by atoms with E-state index in [0.717, 1.165) is 6.07 Å². The number of hydrogen-bond acceptors (Lipinski definition) is 18. The van der Waals surface area contributed by atoms with Gasteiger partial charge in [-0.05, 0) is 64.6 Å². The van der Waals surface area contributed by atoms with Gasteiger partial charge in [-0.3, -0.25) is 18.2 Å². The summed E-state index contributed by atoms with van der Waals surface area (Å²) in [6, 6.07) is 6.49. The van der Waals surface area contributed by atoms with Gasteiger partial charge in [-0.1, -0.05) is 0 Å². The Kier molecular flexibility index (Phi) is 10.8. The molecule has 0 amide bonds. The molecule has 0 unspecified atom stereocenters. The summed E-state index contributed by atoms with van der Waals surface area (Å²) in [7, 11) is -19.7. The molecule has 0 fully saturated rings. The molecule has 0 saturated carbocycles. The van der Waals surface area contributed by atoms with Crippen LogP contribution >= 0.6 is 11.6 Å². The summed E-state index contributed by atoms with van der Waals surface area (Å²) in [5.41, 5.74) is -0.524. The second kappa shape index (κ2) is 14.1. The van der Waals surface area contributed by atoms with Crippen molar-refractivity contribution in [2.24, 2.45) is 15.4 Å². The van der Waals surface area contributed by atoms with Crippen molar-refractivity contribution >= 4 is 97.5 Å². The molecule has 262 valence electrons. The van der Waals surface area contributed by atoms with Crippen molar-refractivity contribution in [2.45, 2.75) is 14.7 Å². The average Bonchev–Trinajstić information content (AvgIpc) is 2.96. The number of fused-ring (bicyclic) bond motifs is 1. The van der Waals surface area contributed by atoms with Crippen LogP contribution in [0.5, 0.6) is 0 Å². The molecule has 4 aromatic rings. The largest absolute Gasteiger partial charge is 0.362 e. The SMILES string of the molecule is O=NCNc1cc(Nc2nc(Cl)nc(NCCS(=O)(=O)O)n2)ccc1N=Nc1cc2c(S(=O)(=O)O)cc(S(=O)(=O)O)cc2cc1S(=O)(=O)O. The van der Waals surface area contributed by atoms with Crippen LogP contribution in [0.4, 0.5) is 34.6 Å². The van der Waals surface area contributed by atoms with E-state index in [1.54, 1.807) is 0 Å². The molecule has 0 bridgehead atoms. The maximum atomic E-state index is 12.2. The molecule has 0 saturated heterocycles. The minimum Gasteiger partial charge on any atom is -0.362 e. The second-order valence-corrected chi connectivity index (χ2v) is 15.5. The van der Waals surface area contributed by atoms with Gasteiger partial charge in [-0.25, -0.2) is 0 Å². The summed E-state index contributed by atoms with van der Waals surface area (Å²) in [5, 5.41) is 17.1. The normalized spacial score (nSPS) is 12.7. The first-order chi connectivity index (χ1) is 22.6. The molecule has 0 atom stereocenters. The Hall–Kier alpha value is -4.54. The van der Waals surface area contributed by atoms with Crippen molar-refractivity contribution in [1.29, 1.82) is 0 Å². The highest BCUT2D eigenvalue weighted by Crippen LogP contribution is 2.37. The van der Waals surface area contributed by atoms with E-state index in [1.165, 1.54) is 18.2 Å². The summed E-state index contributed by atoms with van der Waals surface area (Å²) in [5.74, 6) is -0.961. The molecule has 22 nitrogen and oxygen atoms in total. The molecule has 0 aliphatic heterocycles.